The van der Waals surface area contributed by atoms with E-state index < -0.39 is 17.3 Å². The van der Waals surface area contributed by atoms with Crippen molar-refractivity contribution in [1.29, 1.82) is 0 Å². The van der Waals surface area contributed by atoms with Crippen LogP contribution in [0.1, 0.15) is 171 Å². The lowest BCUT2D eigenvalue weighted by Gasteiger charge is -2.29. The van der Waals surface area contributed by atoms with Crippen molar-refractivity contribution in [2.24, 2.45) is 11.8 Å². The van der Waals surface area contributed by atoms with Crippen LogP contribution in [0.25, 0.3) is 0 Å². The molecule has 0 spiro atoms. The van der Waals surface area contributed by atoms with E-state index in [-0.39, 0.29) is 13.3 Å². The van der Waals surface area contributed by atoms with Crippen molar-refractivity contribution in [2.45, 2.75) is 189 Å². The van der Waals surface area contributed by atoms with Crippen LogP contribution in [0.15, 0.2) is 23.0 Å². The molecule has 1 aliphatic rings. The van der Waals surface area contributed by atoms with Crippen LogP contribution in [0.4, 0.5) is 0 Å². The molecule has 5 atom stereocenters. The first kappa shape index (κ1) is 39.2. The fourth-order valence-electron chi connectivity index (χ4n) is 5.84. The van der Waals surface area contributed by atoms with E-state index >= 15 is 0 Å². The molecule has 3 N–H and O–H groups in total. The normalized spacial score (nSPS) is 21.3. The van der Waals surface area contributed by atoms with Crippen molar-refractivity contribution in [3.8, 4) is 0 Å². The van der Waals surface area contributed by atoms with E-state index in [2.05, 4.69) is 34.6 Å². The third kappa shape index (κ3) is 16.6. The highest BCUT2D eigenvalue weighted by Gasteiger charge is 2.27. The summed E-state index contributed by atoms with van der Waals surface area (Å²) in [5, 5.41) is 32.1. The minimum absolute atomic E-state index is 0. The average Bonchev–Trinajstić information content (AvgIpc) is 2.86. The Morgan fingerprint density at radius 2 is 1.32 bits per heavy atom. The maximum Gasteiger partial charge on any atom is 0.121 e. The Labute approximate surface area is 250 Å². The lowest BCUT2D eigenvalue weighted by Crippen LogP contribution is -2.28. The van der Waals surface area contributed by atoms with Crippen LogP contribution >= 0.6 is 0 Å². The zero-order valence-corrected chi connectivity index (χ0v) is 27.0. The fourth-order valence-corrected chi connectivity index (χ4v) is 5.84. The van der Waals surface area contributed by atoms with E-state index in [1.165, 1.54) is 56.1 Å². The molecule has 0 aromatic rings. The molecule has 1 rings (SSSR count). The van der Waals surface area contributed by atoms with Gasteiger partial charge >= 0.3 is 0 Å². The van der Waals surface area contributed by atoms with Gasteiger partial charge in [0.25, 0.3) is 0 Å². The Kier molecular flexibility index (Phi) is 20.5. The van der Waals surface area contributed by atoms with Crippen LogP contribution in [0.2, 0.25) is 0 Å². The van der Waals surface area contributed by atoms with Gasteiger partial charge in [0.15, 0.2) is 0 Å². The highest BCUT2D eigenvalue weighted by Crippen LogP contribution is 2.35. The molecule has 1 aliphatic carbocycles. The quantitative estimate of drug-likeness (QED) is 0.108. The smallest absolute Gasteiger partial charge is 0.121 e. The number of unbranched alkanes of at least 4 members (excludes halogenated alkanes) is 7. The molecule has 0 aliphatic heterocycles. The van der Waals surface area contributed by atoms with Crippen LogP contribution in [-0.2, 0) is 4.74 Å². The van der Waals surface area contributed by atoms with Crippen LogP contribution in [-0.4, -0.2) is 39.2 Å². The number of hydrogen-bond acceptors (Lipinski definition) is 4. The summed E-state index contributed by atoms with van der Waals surface area (Å²) in [5.41, 5.74) is 1.08. The van der Waals surface area contributed by atoms with Gasteiger partial charge in [-0.05, 0) is 95.3 Å². The summed E-state index contributed by atoms with van der Waals surface area (Å²) in [6.07, 6.45) is 20.7. The van der Waals surface area contributed by atoms with Crippen LogP contribution in [0.3, 0.4) is 0 Å². The SMILES string of the molecule is C.CCCCCCCCOC1=C(C)C(C)C(O)C=C1CCC(C)CCCC(C)(O)CCCC(C)(O)CCCCC. The van der Waals surface area contributed by atoms with Crippen LogP contribution < -0.4 is 0 Å². The Morgan fingerprint density at radius 3 is 1.95 bits per heavy atom. The molecule has 40 heavy (non-hydrogen) atoms. The number of aliphatic hydroxyl groups is 3. The van der Waals surface area contributed by atoms with E-state index in [0.717, 1.165) is 83.0 Å². The highest BCUT2D eigenvalue weighted by molar-refractivity contribution is 5.37. The standard InChI is InChI=1S/C35H66O4.CH4/c1-8-10-12-13-14-16-26-39-33-30(5)29(4)32(36)27-31(33)21-20-28(3)19-17-23-35(7,38)25-18-24-34(6,37)22-15-11-9-2;/h27-29,32,36-38H,8-26H2,1-7H3;1H4. The maximum atomic E-state index is 10.9. The summed E-state index contributed by atoms with van der Waals surface area (Å²) in [4.78, 5) is 0. The molecular formula is C36H70O4. The summed E-state index contributed by atoms with van der Waals surface area (Å²) in [6, 6.07) is 0. The fraction of sp³-hybridized carbons (Fsp3) is 0.889. The van der Waals surface area contributed by atoms with Crippen LogP contribution in [0, 0.1) is 11.8 Å². The second-order valence-electron chi connectivity index (χ2n) is 13.4. The molecular weight excluding hydrogens is 496 g/mol. The Balaban J connectivity index is 0.0000152. The van der Waals surface area contributed by atoms with E-state index in [1.54, 1.807) is 0 Å². The van der Waals surface area contributed by atoms with E-state index in [4.69, 9.17) is 4.74 Å². The van der Waals surface area contributed by atoms with Gasteiger partial charge in [-0.1, -0.05) is 99.3 Å². The van der Waals surface area contributed by atoms with Crippen molar-refractivity contribution >= 4 is 0 Å². The number of hydrogen-bond donors (Lipinski definition) is 3. The molecule has 0 saturated carbocycles. The second kappa shape index (κ2) is 20.9. The van der Waals surface area contributed by atoms with Gasteiger partial charge < -0.3 is 20.1 Å². The first-order valence-electron chi connectivity index (χ1n) is 16.6. The Morgan fingerprint density at radius 1 is 0.800 bits per heavy atom. The predicted octanol–water partition coefficient (Wildman–Crippen LogP) is 10.0. The third-order valence-electron chi connectivity index (χ3n) is 9.03. The number of aliphatic hydroxyl groups excluding tert-OH is 1. The molecule has 0 fully saturated rings. The molecule has 0 radical (unpaired) electrons. The second-order valence-corrected chi connectivity index (χ2v) is 13.4. The van der Waals surface area contributed by atoms with Crippen molar-refractivity contribution < 1.29 is 20.1 Å². The van der Waals surface area contributed by atoms with Crippen molar-refractivity contribution in [2.75, 3.05) is 6.61 Å². The molecule has 4 heteroatoms. The summed E-state index contributed by atoms with van der Waals surface area (Å²) in [7, 11) is 0. The summed E-state index contributed by atoms with van der Waals surface area (Å²) in [5.74, 6) is 1.69. The van der Waals surface area contributed by atoms with Gasteiger partial charge in [-0.2, -0.15) is 0 Å². The average molecular weight is 567 g/mol. The molecule has 5 unspecified atom stereocenters. The van der Waals surface area contributed by atoms with Gasteiger partial charge in [0.05, 0.1) is 23.9 Å². The largest absolute Gasteiger partial charge is 0.493 e. The summed E-state index contributed by atoms with van der Waals surface area (Å²) in [6.45, 7) is 15.6. The number of allylic oxidation sites excluding steroid dienone is 1. The first-order valence-corrected chi connectivity index (χ1v) is 16.6. The van der Waals surface area contributed by atoms with Gasteiger partial charge in [0, 0.05) is 5.92 Å². The zero-order valence-electron chi connectivity index (χ0n) is 27.0. The highest BCUT2D eigenvalue weighted by atomic mass is 16.5. The van der Waals surface area contributed by atoms with Crippen molar-refractivity contribution in [3.63, 3.8) is 0 Å². The topological polar surface area (TPSA) is 69.9 Å². The summed E-state index contributed by atoms with van der Waals surface area (Å²) < 4.78 is 6.33. The molecule has 4 nitrogen and oxygen atoms in total. The third-order valence-corrected chi connectivity index (χ3v) is 9.03. The number of ether oxygens (including phenoxy) is 1. The number of rotatable bonds is 23. The van der Waals surface area contributed by atoms with E-state index in [9.17, 15) is 15.3 Å². The van der Waals surface area contributed by atoms with Crippen LogP contribution in [0.5, 0.6) is 0 Å². The Hall–Kier alpha value is -0.840. The van der Waals surface area contributed by atoms with Gasteiger partial charge in [0.2, 0.25) is 0 Å². The van der Waals surface area contributed by atoms with Gasteiger partial charge in [0.1, 0.15) is 5.76 Å². The van der Waals surface area contributed by atoms with Crippen molar-refractivity contribution in [1.82, 2.24) is 0 Å². The molecule has 0 amide bonds. The molecule has 0 aromatic heterocycles. The van der Waals surface area contributed by atoms with E-state index in [1.807, 2.05) is 19.9 Å². The molecule has 0 saturated heterocycles. The molecule has 238 valence electrons. The first-order chi connectivity index (χ1) is 18.4. The van der Waals surface area contributed by atoms with Crippen molar-refractivity contribution in [3.05, 3.63) is 23.0 Å². The predicted molar refractivity (Wildman–Crippen MR) is 174 cm³/mol. The maximum absolute atomic E-state index is 10.9. The molecule has 0 bridgehead atoms. The summed E-state index contributed by atoms with van der Waals surface area (Å²) >= 11 is 0. The molecule has 0 aromatic carbocycles. The zero-order chi connectivity index (χ0) is 29.3. The van der Waals surface area contributed by atoms with Gasteiger partial charge in [-0.15, -0.1) is 0 Å². The lowest BCUT2D eigenvalue weighted by atomic mass is 9.84. The molecule has 0 heterocycles. The minimum atomic E-state index is -0.664. The minimum Gasteiger partial charge on any atom is -0.493 e. The van der Waals surface area contributed by atoms with E-state index in [0.29, 0.717) is 5.92 Å². The van der Waals surface area contributed by atoms with Gasteiger partial charge in [-0.25, -0.2) is 0 Å². The monoisotopic (exact) mass is 567 g/mol. The lowest BCUT2D eigenvalue weighted by molar-refractivity contribution is 0.0107. The Bertz CT molecular complexity index is 706. The van der Waals surface area contributed by atoms with Gasteiger partial charge in [-0.3, -0.25) is 0 Å².